The van der Waals surface area contributed by atoms with E-state index >= 15 is 0 Å². The molecule has 3 heterocycles. The molecule has 25 heavy (non-hydrogen) atoms. The zero-order valence-electron chi connectivity index (χ0n) is 15.1. The Labute approximate surface area is 150 Å². The highest BCUT2D eigenvalue weighted by Crippen LogP contribution is 2.22. The predicted molar refractivity (Wildman–Crippen MR) is 97.4 cm³/mol. The van der Waals surface area contributed by atoms with E-state index in [0.717, 1.165) is 58.6 Å². The third kappa shape index (κ3) is 3.73. The zero-order chi connectivity index (χ0) is 17.2. The molecule has 4 rings (SSSR count). The van der Waals surface area contributed by atoms with Crippen LogP contribution in [-0.2, 0) is 22.5 Å². The number of piperidine rings is 1. The molecule has 3 aliphatic rings. The summed E-state index contributed by atoms with van der Waals surface area (Å²) in [4.78, 5) is 17.6. The van der Waals surface area contributed by atoms with Crippen LogP contribution < -0.4 is 5.32 Å². The number of carbonyl (C=O) groups excluding carboxylic acids is 1. The minimum Gasteiger partial charge on any atom is -0.376 e. The third-order valence-electron chi connectivity index (χ3n) is 5.94. The molecule has 1 aromatic carbocycles. The Morgan fingerprint density at radius 2 is 1.92 bits per heavy atom. The lowest BCUT2D eigenvalue weighted by Crippen LogP contribution is -2.55. The molecule has 0 bridgehead atoms. The Hall–Kier alpha value is -1.43. The first-order chi connectivity index (χ1) is 12.2. The highest BCUT2D eigenvalue weighted by Gasteiger charge is 2.33. The van der Waals surface area contributed by atoms with Gasteiger partial charge in [-0.25, -0.2) is 0 Å². The number of likely N-dealkylation sites (tertiary alicyclic amines) is 1. The van der Waals surface area contributed by atoms with Crippen molar-refractivity contribution < 1.29 is 9.53 Å². The summed E-state index contributed by atoms with van der Waals surface area (Å²) in [5.74, 6) is 0.281. The molecule has 0 aromatic heterocycles. The van der Waals surface area contributed by atoms with Crippen LogP contribution in [0.15, 0.2) is 24.3 Å². The van der Waals surface area contributed by atoms with Crippen molar-refractivity contribution in [1.82, 2.24) is 15.1 Å². The summed E-state index contributed by atoms with van der Waals surface area (Å²) in [6.07, 6.45) is 3.32. The first-order valence-corrected chi connectivity index (χ1v) is 9.65. The molecule has 0 spiro atoms. The Balaban J connectivity index is 1.31. The second kappa shape index (κ2) is 7.44. The molecular formula is C20H29N3O2. The molecule has 3 aliphatic heterocycles. The number of hydrogen-bond acceptors (Lipinski definition) is 4. The van der Waals surface area contributed by atoms with Crippen LogP contribution in [0, 0.1) is 0 Å². The van der Waals surface area contributed by atoms with Gasteiger partial charge in [-0.1, -0.05) is 24.3 Å². The van der Waals surface area contributed by atoms with E-state index in [0.29, 0.717) is 12.1 Å². The Bertz CT molecular complexity index is 613. The maximum absolute atomic E-state index is 12.9. The van der Waals surface area contributed by atoms with Crippen LogP contribution in [0.2, 0.25) is 0 Å². The van der Waals surface area contributed by atoms with Gasteiger partial charge in [-0.3, -0.25) is 9.69 Å². The van der Waals surface area contributed by atoms with Gasteiger partial charge in [0.05, 0.1) is 18.8 Å². The normalized spacial score (nSPS) is 28.6. The maximum Gasteiger partial charge on any atom is 0.240 e. The van der Waals surface area contributed by atoms with E-state index in [1.54, 1.807) is 0 Å². The predicted octanol–water partition coefficient (Wildman–Crippen LogP) is 1.41. The van der Waals surface area contributed by atoms with Crippen molar-refractivity contribution in [3.05, 3.63) is 35.4 Å². The number of rotatable bonds is 2. The molecule has 2 atom stereocenters. The van der Waals surface area contributed by atoms with Gasteiger partial charge in [0.2, 0.25) is 5.91 Å². The molecule has 0 radical (unpaired) electrons. The third-order valence-corrected chi connectivity index (χ3v) is 5.94. The van der Waals surface area contributed by atoms with Crippen molar-refractivity contribution in [2.75, 3.05) is 32.8 Å². The Morgan fingerprint density at radius 3 is 2.68 bits per heavy atom. The molecule has 2 fully saturated rings. The van der Waals surface area contributed by atoms with Crippen molar-refractivity contribution in [2.45, 2.75) is 50.9 Å². The first-order valence-electron chi connectivity index (χ1n) is 9.65. The first kappa shape index (κ1) is 17.0. The van der Waals surface area contributed by atoms with Gasteiger partial charge in [-0.2, -0.15) is 0 Å². The van der Waals surface area contributed by atoms with Crippen molar-refractivity contribution in [3.63, 3.8) is 0 Å². The molecule has 0 saturated carbocycles. The highest BCUT2D eigenvalue weighted by molar-refractivity contribution is 5.82. The van der Waals surface area contributed by atoms with Gasteiger partial charge in [0.25, 0.3) is 0 Å². The van der Waals surface area contributed by atoms with E-state index in [2.05, 4.69) is 46.3 Å². The summed E-state index contributed by atoms with van der Waals surface area (Å²) in [7, 11) is 0. The number of carbonyl (C=O) groups is 1. The van der Waals surface area contributed by atoms with Gasteiger partial charge in [-0.15, -0.1) is 0 Å². The topological polar surface area (TPSA) is 44.8 Å². The van der Waals surface area contributed by atoms with Gasteiger partial charge in [-0.05, 0) is 37.3 Å². The van der Waals surface area contributed by atoms with E-state index in [1.165, 1.54) is 11.1 Å². The quantitative estimate of drug-likeness (QED) is 0.882. The van der Waals surface area contributed by atoms with Crippen LogP contribution in [0.25, 0.3) is 0 Å². The number of benzene rings is 1. The van der Waals surface area contributed by atoms with Crippen molar-refractivity contribution in [1.29, 1.82) is 0 Å². The maximum atomic E-state index is 12.9. The van der Waals surface area contributed by atoms with Gasteiger partial charge in [0, 0.05) is 38.8 Å². The van der Waals surface area contributed by atoms with Gasteiger partial charge < -0.3 is 15.0 Å². The standard InChI is InChI=1S/C20H29N3O2/c1-15-14-23(10-11-25-15)18-6-8-22(9-7-18)20(24)19-12-16-4-2-3-5-17(16)13-21-19/h2-5,15,18-19,21H,6-14H2,1H3. The molecular weight excluding hydrogens is 314 g/mol. The average Bonchev–Trinajstić information content (AvgIpc) is 2.67. The number of hydrogen-bond donors (Lipinski definition) is 1. The van der Waals surface area contributed by atoms with Crippen LogP contribution in [-0.4, -0.2) is 66.7 Å². The molecule has 0 aliphatic carbocycles. The van der Waals surface area contributed by atoms with E-state index in [9.17, 15) is 4.79 Å². The van der Waals surface area contributed by atoms with Crippen LogP contribution in [0.5, 0.6) is 0 Å². The highest BCUT2D eigenvalue weighted by atomic mass is 16.5. The van der Waals surface area contributed by atoms with Crippen LogP contribution in [0.3, 0.4) is 0 Å². The summed E-state index contributed by atoms with van der Waals surface area (Å²) in [5.41, 5.74) is 2.64. The summed E-state index contributed by atoms with van der Waals surface area (Å²) in [6.45, 7) is 7.62. The molecule has 1 aromatic rings. The number of ether oxygens (including phenoxy) is 1. The molecule has 5 heteroatoms. The lowest BCUT2D eigenvalue weighted by atomic mass is 9.94. The Kier molecular flexibility index (Phi) is 5.06. The van der Waals surface area contributed by atoms with Crippen LogP contribution in [0.1, 0.15) is 30.9 Å². The van der Waals surface area contributed by atoms with E-state index < -0.39 is 0 Å². The second-order valence-corrected chi connectivity index (χ2v) is 7.64. The Morgan fingerprint density at radius 1 is 1.16 bits per heavy atom. The minimum atomic E-state index is -0.0603. The molecule has 5 nitrogen and oxygen atoms in total. The monoisotopic (exact) mass is 343 g/mol. The SMILES string of the molecule is CC1CN(C2CCN(C(=O)C3Cc4ccccc4CN3)CC2)CCO1. The number of nitrogens with zero attached hydrogens (tertiary/aromatic N) is 2. The smallest absolute Gasteiger partial charge is 0.240 e. The number of fused-ring (bicyclic) bond motifs is 1. The van der Waals surface area contributed by atoms with Gasteiger partial charge in [0.1, 0.15) is 0 Å². The fourth-order valence-electron chi connectivity index (χ4n) is 4.48. The van der Waals surface area contributed by atoms with E-state index in [1.807, 2.05) is 0 Å². The molecule has 2 saturated heterocycles. The number of amides is 1. The largest absolute Gasteiger partial charge is 0.376 e. The van der Waals surface area contributed by atoms with Crippen LogP contribution in [0.4, 0.5) is 0 Å². The van der Waals surface area contributed by atoms with Crippen molar-refractivity contribution >= 4 is 5.91 Å². The van der Waals surface area contributed by atoms with E-state index in [4.69, 9.17) is 4.74 Å². The number of morpholine rings is 1. The summed E-state index contributed by atoms with van der Waals surface area (Å²) in [5, 5.41) is 3.43. The second-order valence-electron chi connectivity index (χ2n) is 7.64. The minimum absolute atomic E-state index is 0.0603. The van der Waals surface area contributed by atoms with Gasteiger partial charge in [0.15, 0.2) is 0 Å². The molecule has 1 amide bonds. The average molecular weight is 343 g/mol. The lowest BCUT2D eigenvalue weighted by Gasteiger charge is -2.42. The fraction of sp³-hybridized carbons (Fsp3) is 0.650. The van der Waals surface area contributed by atoms with Gasteiger partial charge >= 0.3 is 0 Å². The number of nitrogens with one attached hydrogen (secondary N) is 1. The zero-order valence-corrected chi connectivity index (χ0v) is 15.1. The fourth-order valence-corrected chi connectivity index (χ4v) is 4.48. The molecule has 136 valence electrons. The summed E-state index contributed by atoms with van der Waals surface area (Å²) in [6, 6.07) is 8.99. The summed E-state index contributed by atoms with van der Waals surface area (Å²) >= 11 is 0. The molecule has 2 unspecified atom stereocenters. The molecule has 1 N–H and O–H groups in total. The van der Waals surface area contributed by atoms with Crippen molar-refractivity contribution in [3.8, 4) is 0 Å². The van der Waals surface area contributed by atoms with E-state index in [-0.39, 0.29) is 11.9 Å². The van der Waals surface area contributed by atoms with Crippen LogP contribution >= 0.6 is 0 Å². The lowest BCUT2D eigenvalue weighted by molar-refractivity contribution is -0.135. The van der Waals surface area contributed by atoms with Crippen molar-refractivity contribution in [2.24, 2.45) is 0 Å². The summed E-state index contributed by atoms with van der Waals surface area (Å²) < 4.78 is 5.65.